The molecule has 0 amide bonds. The molecule has 0 aliphatic rings. The number of nitrogens with zero attached hydrogens (tertiary/aromatic N) is 7. The number of carbonyl (C=O) groups is 1. The molecule has 0 atom stereocenters. The van der Waals surface area contributed by atoms with Gasteiger partial charge in [0.25, 0.3) is 17.4 Å². The van der Waals surface area contributed by atoms with Crippen LogP contribution < -0.4 is 0 Å². The van der Waals surface area contributed by atoms with Crippen LogP contribution in [0.2, 0.25) is 0 Å². The van der Waals surface area contributed by atoms with Crippen LogP contribution in [0, 0.1) is 24.0 Å². The van der Waals surface area contributed by atoms with E-state index in [1.165, 1.54) is 30.6 Å². The lowest BCUT2D eigenvalue weighted by Gasteiger charge is -2.09. The number of hydrogen-bond acceptors (Lipinski definition) is 10. The van der Waals surface area contributed by atoms with Crippen LogP contribution in [0.5, 0.6) is 0 Å². The Bertz CT molecular complexity index is 1260. The van der Waals surface area contributed by atoms with Gasteiger partial charge in [0.15, 0.2) is 6.61 Å². The lowest BCUT2D eigenvalue weighted by Crippen LogP contribution is -2.10. The van der Waals surface area contributed by atoms with Crippen LogP contribution in [-0.4, -0.2) is 40.6 Å². The minimum absolute atomic E-state index is 0.0370. The third-order valence-electron chi connectivity index (χ3n) is 4.73. The van der Waals surface area contributed by atoms with E-state index in [4.69, 9.17) is 9.26 Å². The van der Waals surface area contributed by atoms with E-state index in [0.717, 1.165) is 17.0 Å². The van der Waals surface area contributed by atoms with Crippen molar-refractivity contribution in [3.8, 4) is 11.4 Å². The Morgan fingerprint density at radius 3 is 2.74 bits per heavy atom. The zero-order valence-corrected chi connectivity index (χ0v) is 16.7. The van der Waals surface area contributed by atoms with Gasteiger partial charge in [0, 0.05) is 35.5 Å². The van der Waals surface area contributed by atoms with Gasteiger partial charge in [-0.3, -0.25) is 14.9 Å². The van der Waals surface area contributed by atoms with Gasteiger partial charge in [0.05, 0.1) is 4.92 Å². The summed E-state index contributed by atoms with van der Waals surface area (Å²) in [7, 11) is 0. The van der Waals surface area contributed by atoms with E-state index in [2.05, 4.69) is 25.2 Å². The SMILES string of the molecule is Cc1nc2ncnn2c(C)c1CCC(=O)OCc1nc(-c2ccc([N+](=O)[O-])cc2)no1. The molecule has 12 nitrogen and oxygen atoms in total. The molecule has 0 aliphatic heterocycles. The molecule has 0 N–H and O–H groups in total. The molecule has 12 heteroatoms. The molecule has 0 spiro atoms. The highest BCUT2D eigenvalue weighted by Crippen LogP contribution is 2.20. The second-order valence-corrected chi connectivity index (χ2v) is 6.71. The minimum atomic E-state index is -0.492. The molecule has 31 heavy (non-hydrogen) atoms. The van der Waals surface area contributed by atoms with E-state index in [1.54, 1.807) is 4.52 Å². The van der Waals surface area contributed by atoms with Crippen LogP contribution >= 0.6 is 0 Å². The van der Waals surface area contributed by atoms with Crippen molar-refractivity contribution in [2.75, 3.05) is 0 Å². The summed E-state index contributed by atoms with van der Waals surface area (Å²) in [6.07, 6.45) is 2.02. The van der Waals surface area contributed by atoms with Crippen LogP contribution in [-0.2, 0) is 22.6 Å². The number of hydrogen-bond donors (Lipinski definition) is 0. The third kappa shape index (κ3) is 4.22. The Morgan fingerprint density at radius 1 is 1.23 bits per heavy atom. The van der Waals surface area contributed by atoms with Crippen molar-refractivity contribution < 1.29 is 19.0 Å². The minimum Gasteiger partial charge on any atom is -0.456 e. The Kier molecular flexibility index (Phi) is 5.35. The molecule has 0 aliphatic carbocycles. The van der Waals surface area contributed by atoms with Crippen LogP contribution in [0.4, 0.5) is 5.69 Å². The molecule has 0 unspecified atom stereocenters. The number of ether oxygens (including phenoxy) is 1. The van der Waals surface area contributed by atoms with E-state index in [0.29, 0.717) is 17.8 Å². The summed E-state index contributed by atoms with van der Waals surface area (Å²) in [6, 6.07) is 5.73. The van der Waals surface area contributed by atoms with Gasteiger partial charge in [0.1, 0.15) is 6.33 Å². The van der Waals surface area contributed by atoms with Crippen LogP contribution in [0.3, 0.4) is 0 Å². The second kappa shape index (κ2) is 8.26. The molecule has 0 saturated heterocycles. The van der Waals surface area contributed by atoms with Crippen LogP contribution in [0.15, 0.2) is 35.1 Å². The zero-order valence-electron chi connectivity index (χ0n) is 16.7. The number of nitro groups is 1. The fraction of sp³-hybridized carbons (Fsp3) is 0.263. The first-order valence-electron chi connectivity index (χ1n) is 9.31. The summed E-state index contributed by atoms with van der Waals surface area (Å²) < 4.78 is 11.9. The molecule has 4 rings (SSSR count). The van der Waals surface area contributed by atoms with Crippen molar-refractivity contribution in [2.45, 2.75) is 33.3 Å². The predicted molar refractivity (Wildman–Crippen MR) is 105 cm³/mol. The molecule has 3 heterocycles. The standard InChI is InChI=1S/C19H17N7O5/c1-11-15(12(2)25-19(22-11)20-10-21-25)7-8-17(27)30-9-16-23-18(24-31-16)13-3-5-14(6-4-13)26(28)29/h3-6,10H,7-9H2,1-2H3. The highest BCUT2D eigenvalue weighted by Gasteiger charge is 2.15. The molecular weight excluding hydrogens is 406 g/mol. The fourth-order valence-electron chi connectivity index (χ4n) is 3.12. The molecule has 3 aromatic heterocycles. The number of aryl methyl sites for hydroxylation is 2. The molecule has 1 aromatic carbocycles. The molecule has 0 saturated carbocycles. The van der Waals surface area contributed by atoms with E-state index >= 15 is 0 Å². The number of benzene rings is 1. The van der Waals surface area contributed by atoms with Crippen molar-refractivity contribution in [1.29, 1.82) is 0 Å². The molecule has 0 radical (unpaired) electrons. The number of esters is 1. The number of rotatable bonds is 7. The highest BCUT2D eigenvalue weighted by molar-refractivity contribution is 5.69. The summed E-state index contributed by atoms with van der Waals surface area (Å²) in [5.41, 5.74) is 3.08. The fourth-order valence-corrected chi connectivity index (χ4v) is 3.12. The van der Waals surface area contributed by atoms with Gasteiger partial charge in [-0.15, -0.1) is 0 Å². The lowest BCUT2D eigenvalue weighted by molar-refractivity contribution is -0.384. The predicted octanol–water partition coefficient (Wildman–Crippen LogP) is 2.38. The maximum atomic E-state index is 12.2. The monoisotopic (exact) mass is 423 g/mol. The normalized spacial score (nSPS) is 11.0. The Morgan fingerprint density at radius 2 is 2.00 bits per heavy atom. The smallest absolute Gasteiger partial charge is 0.306 e. The van der Waals surface area contributed by atoms with Crippen LogP contribution in [0.25, 0.3) is 17.2 Å². The van der Waals surface area contributed by atoms with Crippen molar-refractivity contribution in [3.05, 3.63) is 63.5 Å². The van der Waals surface area contributed by atoms with Gasteiger partial charge >= 0.3 is 5.97 Å². The summed E-state index contributed by atoms with van der Waals surface area (Å²) >= 11 is 0. The van der Waals surface area contributed by atoms with Crippen molar-refractivity contribution >= 4 is 17.4 Å². The average Bonchev–Trinajstić information content (AvgIpc) is 3.42. The summed E-state index contributed by atoms with van der Waals surface area (Å²) in [4.78, 5) is 35.0. The summed E-state index contributed by atoms with van der Waals surface area (Å²) in [6.45, 7) is 3.59. The number of carbonyl (C=O) groups excluding carboxylic acids is 1. The number of nitro benzene ring substituents is 1. The van der Waals surface area contributed by atoms with Crippen molar-refractivity contribution in [2.24, 2.45) is 0 Å². The number of aromatic nitrogens is 6. The van der Waals surface area contributed by atoms with E-state index in [1.807, 2.05) is 13.8 Å². The topological polar surface area (TPSA) is 151 Å². The number of non-ortho nitro benzene ring substituents is 1. The van der Waals surface area contributed by atoms with Crippen molar-refractivity contribution in [3.63, 3.8) is 0 Å². The summed E-state index contributed by atoms with van der Waals surface area (Å²) in [5, 5.41) is 18.7. The highest BCUT2D eigenvalue weighted by atomic mass is 16.6. The molecule has 158 valence electrons. The van der Waals surface area contributed by atoms with Gasteiger partial charge in [-0.1, -0.05) is 5.16 Å². The van der Waals surface area contributed by atoms with E-state index < -0.39 is 10.9 Å². The largest absolute Gasteiger partial charge is 0.456 e. The van der Waals surface area contributed by atoms with Gasteiger partial charge in [-0.05, 0) is 38.0 Å². The molecule has 0 bridgehead atoms. The quantitative estimate of drug-likeness (QED) is 0.246. The Labute approximate surface area is 175 Å². The van der Waals surface area contributed by atoms with Crippen LogP contribution in [0.1, 0.15) is 29.3 Å². The van der Waals surface area contributed by atoms with Crippen molar-refractivity contribution in [1.82, 2.24) is 29.7 Å². The number of fused-ring (bicyclic) bond motifs is 1. The van der Waals surface area contributed by atoms with E-state index in [9.17, 15) is 14.9 Å². The lowest BCUT2D eigenvalue weighted by atomic mass is 10.1. The van der Waals surface area contributed by atoms with Gasteiger partial charge in [-0.25, -0.2) is 9.50 Å². The maximum Gasteiger partial charge on any atom is 0.306 e. The average molecular weight is 423 g/mol. The van der Waals surface area contributed by atoms with E-state index in [-0.39, 0.29) is 30.4 Å². The first-order chi connectivity index (χ1) is 14.9. The Balaban J connectivity index is 1.34. The maximum absolute atomic E-state index is 12.2. The zero-order chi connectivity index (χ0) is 22.0. The molecular formula is C19H17N7O5. The molecule has 0 fully saturated rings. The third-order valence-corrected chi connectivity index (χ3v) is 4.73. The second-order valence-electron chi connectivity index (χ2n) is 6.71. The molecule has 4 aromatic rings. The first kappa shape index (κ1) is 20.1. The Hall–Kier alpha value is -4.22. The van der Waals surface area contributed by atoms with Gasteiger partial charge in [-0.2, -0.15) is 15.1 Å². The van der Waals surface area contributed by atoms with Gasteiger partial charge in [0.2, 0.25) is 5.82 Å². The summed E-state index contributed by atoms with van der Waals surface area (Å²) in [5.74, 6) is 0.466. The van der Waals surface area contributed by atoms with Gasteiger partial charge < -0.3 is 9.26 Å². The first-order valence-corrected chi connectivity index (χ1v) is 9.31.